The number of alkyl halides is 2. The number of piperidine rings is 1. The fraction of sp³-hybridized carbons (Fsp3) is 0.333. The van der Waals surface area contributed by atoms with Gasteiger partial charge in [0.25, 0.3) is 5.92 Å². The van der Waals surface area contributed by atoms with Crippen LogP contribution in [0.1, 0.15) is 79.4 Å². The fourth-order valence-corrected chi connectivity index (χ4v) is 6.47. The van der Waals surface area contributed by atoms with Gasteiger partial charge in [0.1, 0.15) is 6.61 Å². The number of benzene rings is 4. The lowest BCUT2D eigenvalue weighted by molar-refractivity contribution is -0.146. The summed E-state index contributed by atoms with van der Waals surface area (Å²) in [6.45, 7) is 7.45. The van der Waals surface area contributed by atoms with Gasteiger partial charge in [-0.2, -0.15) is 0 Å². The SMILES string of the molecule is CCC(F)(F)c1ccc(-c2ccccc2C(=O)CCc2ccc(N3CCC(C(C(=O)OCC=C(C)C)c4ccccc4)CC3)cc2)cc1. The third kappa shape index (κ3) is 8.66. The monoisotopic (exact) mass is 649 g/mol. The number of allylic oxidation sites excluding steroid dienone is 1. The van der Waals surface area contributed by atoms with Crippen molar-refractivity contribution in [3.63, 3.8) is 0 Å². The highest BCUT2D eigenvalue weighted by Crippen LogP contribution is 2.36. The molecule has 0 N–H and O–H groups in total. The minimum absolute atomic E-state index is 0.0165. The first-order chi connectivity index (χ1) is 23.2. The summed E-state index contributed by atoms with van der Waals surface area (Å²) in [7, 11) is 0. The van der Waals surface area contributed by atoms with Gasteiger partial charge in [0.15, 0.2) is 5.78 Å². The van der Waals surface area contributed by atoms with Gasteiger partial charge in [0.2, 0.25) is 0 Å². The Labute approximate surface area is 283 Å². The van der Waals surface area contributed by atoms with Crippen LogP contribution in [0.25, 0.3) is 11.1 Å². The van der Waals surface area contributed by atoms with Crippen LogP contribution in [-0.2, 0) is 21.9 Å². The van der Waals surface area contributed by atoms with E-state index in [1.807, 2.05) is 74.5 Å². The predicted molar refractivity (Wildman–Crippen MR) is 190 cm³/mol. The third-order valence-electron chi connectivity index (χ3n) is 9.37. The molecule has 250 valence electrons. The summed E-state index contributed by atoms with van der Waals surface area (Å²) in [4.78, 5) is 29.0. The maximum atomic E-state index is 14.1. The molecule has 0 bridgehead atoms. The van der Waals surface area contributed by atoms with Crippen LogP contribution in [0.15, 0.2) is 115 Å². The van der Waals surface area contributed by atoms with E-state index in [1.165, 1.54) is 19.1 Å². The van der Waals surface area contributed by atoms with E-state index in [2.05, 4.69) is 29.2 Å². The number of halogens is 2. The first-order valence-electron chi connectivity index (χ1n) is 17.0. The van der Waals surface area contributed by atoms with Crippen LogP contribution in [0.3, 0.4) is 0 Å². The number of rotatable bonds is 13. The lowest BCUT2D eigenvalue weighted by atomic mass is 9.80. The number of esters is 1. The lowest BCUT2D eigenvalue weighted by Gasteiger charge is -2.36. The average molecular weight is 650 g/mol. The van der Waals surface area contributed by atoms with E-state index in [0.29, 0.717) is 25.0 Å². The van der Waals surface area contributed by atoms with E-state index in [1.54, 1.807) is 12.1 Å². The smallest absolute Gasteiger partial charge is 0.314 e. The molecule has 1 aliphatic heterocycles. The summed E-state index contributed by atoms with van der Waals surface area (Å²) in [5.74, 6) is -3.09. The molecule has 1 heterocycles. The Hall–Kier alpha value is -4.58. The zero-order valence-electron chi connectivity index (χ0n) is 28.1. The van der Waals surface area contributed by atoms with Crippen molar-refractivity contribution in [2.24, 2.45) is 5.92 Å². The number of hydrogen-bond acceptors (Lipinski definition) is 4. The van der Waals surface area contributed by atoms with Crippen LogP contribution in [-0.4, -0.2) is 31.4 Å². The normalized spacial score (nSPS) is 14.3. The quantitative estimate of drug-likeness (QED) is 0.0822. The number of carbonyl (C=O) groups is 2. The zero-order valence-corrected chi connectivity index (χ0v) is 28.1. The molecule has 4 aromatic rings. The summed E-state index contributed by atoms with van der Waals surface area (Å²) in [6.07, 6.45) is 4.39. The second kappa shape index (κ2) is 16.0. The van der Waals surface area contributed by atoms with E-state index in [-0.39, 0.29) is 35.6 Å². The minimum Gasteiger partial charge on any atom is -0.461 e. The molecule has 4 nitrogen and oxygen atoms in total. The molecule has 1 unspecified atom stereocenters. The molecular formula is C42H45F2NO3. The third-order valence-corrected chi connectivity index (χ3v) is 9.37. The van der Waals surface area contributed by atoms with Crippen molar-refractivity contribution in [3.05, 3.63) is 137 Å². The number of nitrogens with zero attached hydrogens (tertiary/aromatic N) is 1. The second-order valence-corrected chi connectivity index (χ2v) is 12.9. The largest absolute Gasteiger partial charge is 0.461 e. The Morgan fingerprint density at radius 3 is 2.17 bits per heavy atom. The van der Waals surface area contributed by atoms with E-state index >= 15 is 0 Å². The Morgan fingerprint density at radius 2 is 1.52 bits per heavy atom. The van der Waals surface area contributed by atoms with Crippen molar-refractivity contribution in [1.29, 1.82) is 0 Å². The molecule has 0 amide bonds. The van der Waals surface area contributed by atoms with E-state index in [0.717, 1.165) is 59.4 Å². The summed E-state index contributed by atoms with van der Waals surface area (Å²) < 4.78 is 33.9. The van der Waals surface area contributed by atoms with Crippen molar-refractivity contribution in [2.75, 3.05) is 24.6 Å². The highest BCUT2D eigenvalue weighted by atomic mass is 19.3. The van der Waals surface area contributed by atoms with Gasteiger partial charge >= 0.3 is 5.97 Å². The van der Waals surface area contributed by atoms with E-state index < -0.39 is 5.92 Å². The molecule has 0 saturated carbocycles. The molecule has 0 aliphatic carbocycles. The predicted octanol–water partition coefficient (Wildman–Crippen LogP) is 10.2. The van der Waals surface area contributed by atoms with Crippen LogP contribution in [0, 0.1) is 5.92 Å². The molecule has 0 spiro atoms. The number of carbonyl (C=O) groups excluding carboxylic acids is 2. The number of aryl methyl sites for hydroxylation is 1. The summed E-state index contributed by atoms with van der Waals surface area (Å²) >= 11 is 0. The van der Waals surface area contributed by atoms with Crippen molar-refractivity contribution in [2.45, 2.75) is 64.7 Å². The van der Waals surface area contributed by atoms with Crippen molar-refractivity contribution in [3.8, 4) is 11.1 Å². The Bertz CT molecular complexity index is 1690. The molecule has 1 fully saturated rings. The summed E-state index contributed by atoms with van der Waals surface area (Å²) in [5.41, 5.74) is 6.43. The number of ether oxygens (including phenoxy) is 1. The maximum absolute atomic E-state index is 14.1. The standard InChI is InChI=1S/C42H45F2NO3/c1-4-42(43,44)35-19-17-32(18-20-35)37-12-8-9-13-38(37)39(46)23-16-31-14-21-36(22-15-31)45-27-24-34(25-28-45)40(33-10-6-5-7-11-33)41(47)48-29-26-30(2)3/h5-15,17-22,26,34,40H,4,16,23-25,27-29H2,1-3H3. The lowest BCUT2D eigenvalue weighted by Crippen LogP contribution is -2.37. The molecule has 5 rings (SSSR count). The minimum atomic E-state index is -2.87. The van der Waals surface area contributed by atoms with Crippen LogP contribution in [0.5, 0.6) is 0 Å². The second-order valence-electron chi connectivity index (χ2n) is 12.9. The van der Waals surface area contributed by atoms with Crippen molar-refractivity contribution >= 4 is 17.4 Å². The number of hydrogen-bond donors (Lipinski definition) is 0. The molecule has 48 heavy (non-hydrogen) atoms. The topological polar surface area (TPSA) is 46.6 Å². The molecule has 6 heteroatoms. The molecular weight excluding hydrogens is 604 g/mol. The first-order valence-corrected chi connectivity index (χ1v) is 17.0. The number of ketones is 1. The maximum Gasteiger partial charge on any atom is 0.314 e. The molecule has 4 aromatic carbocycles. The van der Waals surface area contributed by atoms with E-state index in [4.69, 9.17) is 4.74 Å². The van der Waals surface area contributed by atoms with Crippen molar-refractivity contribution < 1.29 is 23.1 Å². The van der Waals surface area contributed by atoms with E-state index in [9.17, 15) is 18.4 Å². The Balaban J connectivity index is 1.18. The average Bonchev–Trinajstić information content (AvgIpc) is 3.11. The van der Waals surface area contributed by atoms with Gasteiger partial charge in [0.05, 0.1) is 5.92 Å². The fourth-order valence-electron chi connectivity index (χ4n) is 6.47. The Kier molecular flexibility index (Phi) is 11.6. The first kappa shape index (κ1) is 34.7. The van der Waals surface area contributed by atoms with Crippen molar-refractivity contribution in [1.82, 2.24) is 0 Å². The number of anilines is 1. The van der Waals surface area contributed by atoms with Gasteiger partial charge in [-0.05, 0) is 79.5 Å². The summed E-state index contributed by atoms with van der Waals surface area (Å²) in [6, 6.07) is 32.0. The van der Waals surface area contributed by atoms with Gasteiger partial charge in [0, 0.05) is 42.7 Å². The Morgan fingerprint density at radius 1 is 0.875 bits per heavy atom. The van der Waals surface area contributed by atoms with Gasteiger partial charge in [-0.3, -0.25) is 9.59 Å². The summed E-state index contributed by atoms with van der Waals surface area (Å²) in [5, 5.41) is 0. The number of Topliss-reactive ketones (excluding diaryl/α,β-unsaturated/α-hetero) is 1. The van der Waals surface area contributed by atoms with Gasteiger partial charge < -0.3 is 9.64 Å². The molecule has 1 aliphatic rings. The highest BCUT2D eigenvalue weighted by Gasteiger charge is 2.34. The highest BCUT2D eigenvalue weighted by molar-refractivity contribution is 6.02. The van der Waals surface area contributed by atoms with Gasteiger partial charge in [-0.15, -0.1) is 0 Å². The van der Waals surface area contributed by atoms with Crippen LogP contribution in [0.2, 0.25) is 0 Å². The van der Waals surface area contributed by atoms with Crippen LogP contribution >= 0.6 is 0 Å². The van der Waals surface area contributed by atoms with Crippen LogP contribution in [0.4, 0.5) is 14.5 Å². The molecule has 1 atom stereocenters. The molecule has 0 radical (unpaired) electrons. The molecule has 0 aromatic heterocycles. The van der Waals surface area contributed by atoms with Gasteiger partial charge in [-0.1, -0.05) is 103 Å². The zero-order chi connectivity index (χ0) is 34.1. The molecule has 1 saturated heterocycles. The van der Waals surface area contributed by atoms with Crippen LogP contribution < -0.4 is 4.90 Å². The van der Waals surface area contributed by atoms with Gasteiger partial charge in [-0.25, -0.2) is 8.78 Å².